The largest absolute Gasteiger partial charge is 0.361 e. The molecule has 3 heterocycles. The number of fused-ring (bicyclic) bond motifs is 1. The van der Waals surface area contributed by atoms with Crippen LogP contribution in [0.3, 0.4) is 0 Å². The lowest BCUT2D eigenvalue weighted by Gasteiger charge is -2.08. The first-order valence-corrected chi connectivity index (χ1v) is 10.4. The van der Waals surface area contributed by atoms with Crippen molar-refractivity contribution < 1.29 is 0 Å². The van der Waals surface area contributed by atoms with Crippen LogP contribution in [0.15, 0.2) is 73.2 Å². The van der Waals surface area contributed by atoms with E-state index in [9.17, 15) is 0 Å². The average Bonchev–Trinajstić information content (AvgIpc) is 3.53. The van der Waals surface area contributed by atoms with E-state index in [2.05, 4.69) is 75.4 Å². The second-order valence-corrected chi connectivity index (χ2v) is 7.79. The molecule has 29 heavy (non-hydrogen) atoms. The Bertz CT molecular complexity index is 1150. The first-order chi connectivity index (χ1) is 14.3. The Labute approximate surface area is 171 Å². The summed E-state index contributed by atoms with van der Waals surface area (Å²) in [4.78, 5) is 3.41. The van der Waals surface area contributed by atoms with Gasteiger partial charge in [0.1, 0.15) is 0 Å². The summed E-state index contributed by atoms with van der Waals surface area (Å²) in [6, 6.07) is 19.6. The van der Waals surface area contributed by atoms with Gasteiger partial charge in [0, 0.05) is 52.3 Å². The molecule has 1 fully saturated rings. The van der Waals surface area contributed by atoms with Gasteiger partial charge in [0.2, 0.25) is 0 Å². The maximum Gasteiger partial charge on any atom is 0.0457 e. The van der Waals surface area contributed by atoms with Gasteiger partial charge in [-0.3, -0.25) is 0 Å². The van der Waals surface area contributed by atoms with Crippen molar-refractivity contribution in [2.75, 3.05) is 6.54 Å². The molecule has 5 rings (SSSR count). The number of aryl methyl sites for hydroxylation is 1. The van der Waals surface area contributed by atoms with E-state index >= 15 is 0 Å². The molecule has 3 heteroatoms. The molecule has 0 radical (unpaired) electrons. The Balaban J connectivity index is 1.33. The number of aromatic nitrogens is 2. The van der Waals surface area contributed by atoms with Crippen molar-refractivity contribution in [3.8, 4) is 17.5 Å². The number of benzene rings is 2. The third kappa shape index (κ3) is 3.99. The maximum absolute atomic E-state index is 3.60. The Morgan fingerprint density at radius 3 is 2.55 bits per heavy atom. The van der Waals surface area contributed by atoms with Gasteiger partial charge < -0.3 is 14.9 Å². The third-order valence-corrected chi connectivity index (χ3v) is 5.81. The summed E-state index contributed by atoms with van der Waals surface area (Å²) >= 11 is 0. The van der Waals surface area contributed by atoms with Gasteiger partial charge in [-0.1, -0.05) is 11.8 Å². The van der Waals surface area contributed by atoms with E-state index in [-0.39, 0.29) is 0 Å². The summed E-state index contributed by atoms with van der Waals surface area (Å²) in [6.45, 7) is 1.17. The van der Waals surface area contributed by atoms with E-state index in [0.29, 0.717) is 6.04 Å². The highest BCUT2D eigenvalue weighted by Crippen LogP contribution is 2.22. The summed E-state index contributed by atoms with van der Waals surface area (Å²) in [6.07, 6.45) is 11.2. The van der Waals surface area contributed by atoms with E-state index in [1.165, 1.54) is 42.3 Å². The van der Waals surface area contributed by atoms with Crippen molar-refractivity contribution >= 4 is 10.9 Å². The van der Waals surface area contributed by atoms with E-state index in [1.54, 1.807) is 0 Å². The molecule has 0 aliphatic carbocycles. The van der Waals surface area contributed by atoms with Crippen molar-refractivity contribution in [1.82, 2.24) is 14.9 Å². The van der Waals surface area contributed by atoms with E-state index in [1.807, 2.05) is 24.5 Å². The Morgan fingerprint density at radius 2 is 1.76 bits per heavy atom. The van der Waals surface area contributed by atoms with Crippen LogP contribution in [0.1, 0.15) is 36.0 Å². The lowest BCUT2D eigenvalue weighted by atomic mass is 10.0. The fraction of sp³-hybridized carbons (Fsp3) is 0.231. The summed E-state index contributed by atoms with van der Waals surface area (Å²) in [7, 11) is 0. The van der Waals surface area contributed by atoms with Gasteiger partial charge >= 0.3 is 0 Å². The van der Waals surface area contributed by atoms with Crippen molar-refractivity contribution in [3.63, 3.8) is 0 Å². The van der Waals surface area contributed by atoms with Gasteiger partial charge in [0.15, 0.2) is 0 Å². The van der Waals surface area contributed by atoms with E-state index < -0.39 is 0 Å². The number of rotatable bonds is 4. The minimum absolute atomic E-state index is 0.678. The molecule has 3 nitrogen and oxygen atoms in total. The summed E-state index contributed by atoms with van der Waals surface area (Å²) < 4.78 is 2.10. The predicted molar refractivity (Wildman–Crippen MR) is 119 cm³/mol. The Kier molecular flexibility index (Phi) is 4.94. The highest BCUT2D eigenvalue weighted by Gasteiger charge is 2.14. The third-order valence-electron chi connectivity index (χ3n) is 5.81. The van der Waals surface area contributed by atoms with Crippen LogP contribution in [0.25, 0.3) is 16.6 Å². The van der Waals surface area contributed by atoms with Crippen LogP contribution in [0.5, 0.6) is 0 Å². The average molecular weight is 380 g/mol. The van der Waals surface area contributed by atoms with Crippen LogP contribution < -0.4 is 5.32 Å². The summed E-state index contributed by atoms with van der Waals surface area (Å²) in [5.41, 5.74) is 5.83. The fourth-order valence-electron chi connectivity index (χ4n) is 4.16. The maximum atomic E-state index is 3.60. The molecule has 0 spiro atoms. The molecular weight excluding hydrogens is 354 g/mol. The topological polar surface area (TPSA) is 32.8 Å². The van der Waals surface area contributed by atoms with Crippen LogP contribution in [0.4, 0.5) is 0 Å². The monoisotopic (exact) mass is 379 g/mol. The molecule has 2 N–H and O–H groups in total. The van der Waals surface area contributed by atoms with Gasteiger partial charge in [0.25, 0.3) is 0 Å². The number of nitrogens with zero attached hydrogens (tertiary/aromatic N) is 1. The molecule has 4 aromatic rings. The SMILES string of the molecule is C(#Cc1ccc2[nH]cc(CCC3CCCN3)c2c1)c1ccc(-n2cccc2)cc1. The van der Waals surface area contributed by atoms with Crippen molar-refractivity contribution in [3.05, 3.63) is 89.9 Å². The molecule has 0 bridgehead atoms. The quantitative estimate of drug-likeness (QED) is 0.478. The van der Waals surface area contributed by atoms with Crippen LogP contribution in [0, 0.1) is 11.8 Å². The Hall–Kier alpha value is -3.22. The minimum atomic E-state index is 0.678. The number of aromatic amines is 1. The second kappa shape index (κ2) is 8.03. The highest BCUT2D eigenvalue weighted by molar-refractivity contribution is 5.84. The molecule has 144 valence electrons. The lowest BCUT2D eigenvalue weighted by Crippen LogP contribution is -2.21. The van der Waals surface area contributed by atoms with E-state index in [4.69, 9.17) is 0 Å². The standard InChI is InChI=1S/C26H25N3/c1-2-17-29(16-1)24-12-7-20(8-13-24)5-6-21-9-14-26-25(18-21)22(19-28-26)10-11-23-4-3-15-27-23/h1-2,7-9,12-14,16-19,23,27-28H,3-4,10-11,15H2. The smallest absolute Gasteiger partial charge is 0.0457 e. The molecule has 1 aliphatic rings. The number of hydrogen-bond donors (Lipinski definition) is 2. The first-order valence-electron chi connectivity index (χ1n) is 10.4. The zero-order chi connectivity index (χ0) is 19.5. The number of H-pyrrole nitrogens is 1. The Morgan fingerprint density at radius 1 is 0.966 bits per heavy atom. The van der Waals surface area contributed by atoms with Crippen molar-refractivity contribution in [1.29, 1.82) is 0 Å². The van der Waals surface area contributed by atoms with Gasteiger partial charge in [-0.25, -0.2) is 0 Å². The van der Waals surface area contributed by atoms with E-state index in [0.717, 1.165) is 23.2 Å². The first kappa shape index (κ1) is 17.8. The minimum Gasteiger partial charge on any atom is -0.361 e. The van der Waals surface area contributed by atoms with Crippen LogP contribution >= 0.6 is 0 Å². The van der Waals surface area contributed by atoms with Crippen LogP contribution in [0.2, 0.25) is 0 Å². The summed E-state index contributed by atoms with van der Waals surface area (Å²) in [5.74, 6) is 6.65. The highest BCUT2D eigenvalue weighted by atomic mass is 14.9. The zero-order valence-electron chi connectivity index (χ0n) is 16.5. The van der Waals surface area contributed by atoms with Gasteiger partial charge in [-0.05, 0) is 92.4 Å². The zero-order valence-corrected chi connectivity index (χ0v) is 16.5. The molecule has 0 saturated carbocycles. The lowest BCUT2D eigenvalue weighted by molar-refractivity contribution is 0.560. The molecular formula is C26H25N3. The molecule has 1 saturated heterocycles. The molecule has 1 unspecified atom stereocenters. The number of hydrogen-bond acceptors (Lipinski definition) is 1. The molecule has 2 aromatic heterocycles. The van der Waals surface area contributed by atoms with Crippen molar-refractivity contribution in [2.45, 2.75) is 31.7 Å². The van der Waals surface area contributed by atoms with Crippen LogP contribution in [-0.2, 0) is 6.42 Å². The predicted octanol–water partition coefficient (Wildman–Crippen LogP) is 5.04. The molecule has 0 amide bonds. The van der Waals surface area contributed by atoms with Crippen molar-refractivity contribution in [2.24, 2.45) is 0 Å². The number of nitrogens with one attached hydrogen (secondary N) is 2. The normalized spacial score (nSPS) is 16.1. The second-order valence-electron chi connectivity index (χ2n) is 7.79. The molecule has 1 atom stereocenters. The molecule has 1 aliphatic heterocycles. The van der Waals surface area contributed by atoms with Gasteiger partial charge in [-0.15, -0.1) is 0 Å². The molecule has 2 aromatic carbocycles. The van der Waals surface area contributed by atoms with Crippen LogP contribution in [-0.4, -0.2) is 22.1 Å². The fourth-order valence-corrected chi connectivity index (χ4v) is 4.16. The van der Waals surface area contributed by atoms with Gasteiger partial charge in [0.05, 0.1) is 0 Å². The van der Waals surface area contributed by atoms with Gasteiger partial charge in [-0.2, -0.15) is 0 Å². The summed E-state index contributed by atoms with van der Waals surface area (Å²) in [5, 5.41) is 4.90.